The van der Waals surface area contributed by atoms with Crippen LogP contribution in [0.15, 0.2) is 60.8 Å². The molecule has 0 atom stereocenters. The van der Waals surface area contributed by atoms with Crippen LogP contribution in [0.25, 0.3) is 28.1 Å². The molecule has 22 heavy (non-hydrogen) atoms. The molecule has 2 aromatic heterocycles. The second-order valence-corrected chi connectivity index (χ2v) is 5.04. The lowest BCUT2D eigenvalue weighted by Gasteiger charge is -2.05. The van der Waals surface area contributed by atoms with Crippen LogP contribution in [-0.4, -0.2) is 21.0 Å². The van der Waals surface area contributed by atoms with Crippen molar-refractivity contribution in [3.63, 3.8) is 0 Å². The predicted octanol–water partition coefficient (Wildman–Crippen LogP) is 3.95. The van der Waals surface area contributed by atoms with Gasteiger partial charge >= 0.3 is 0 Å². The van der Waals surface area contributed by atoms with Crippen LogP contribution >= 0.6 is 0 Å². The van der Waals surface area contributed by atoms with Gasteiger partial charge in [0.25, 0.3) is 0 Å². The zero-order valence-corrected chi connectivity index (χ0v) is 12.2. The molecule has 4 heteroatoms. The van der Waals surface area contributed by atoms with E-state index >= 15 is 0 Å². The number of aromatic nitrogens is 3. The topological polar surface area (TPSA) is 39.4 Å². The molecule has 0 N–H and O–H groups in total. The van der Waals surface area contributed by atoms with E-state index in [1.54, 1.807) is 0 Å². The molecule has 4 nitrogen and oxygen atoms in total. The summed E-state index contributed by atoms with van der Waals surface area (Å²) in [6, 6.07) is 18.0. The van der Waals surface area contributed by atoms with Gasteiger partial charge in [-0.25, -0.2) is 9.97 Å². The normalized spacial score (nSPS) is 11.1. The SMILES string of the molecule is CCOc1ccc(-c2ccn3c(n2)nc2ccccc23)cc1. The van der Waals surface area contributed by atoms with E-state index in [2.05, 4.69) is 9.97 Å². The molecule has 4 aromatic rings. The third-order valence-electron chi connectivity index (χ3n) is 3.64. The molecule has 2 heterocycles. The van der Waals surface area contributed by atoms with Crippen molar-refractivity contribution >= 4 is 16.8 Å². The van der Waals surface area contributed by atoms with E-state index in [0.29, 0.717) is 12.4 Å². The summed E-state index contributed by atoms with van der Waals surface area (Å²) in [5, 5.41) is 0. The van der Waals surface area contributed by atoms with Gasteiger partial charge in [0, 0.05) is 11.8 Å². The van der Waals surface area contributed by atoms with E-state index in [4.69, 9.17) is 4.74 Å². The largest absolute Gasteiger partial charge is 0.494 e. The molecule has 0 radical (unpaired) electrons. The number of para-hydroxylation sites is 2. The molecule has 0 spiro atoms. The minimum atomic E-state index is 0.671. The van der Waals surface area contributed by atoms with Gasteiger partial charge in [0.1, 0.15) is 5.75 Å². The highest BCUT2D eigenvalue weighted by molar-refractivity contribution is 5.79. The summed E-state index contributed by atoms with van der Waals surface area (Å²) >= 11 is 0. The first-order chi connectivity index (χ1) is 10.8. The van der Waals surface area contributed by atoms with Crippen molar-refractivity contribution < 1.29 is 4.74 Å². The van der Waals surface area contributed by atoms with Crippen LogP contribution in [0.2, 0.25) is 0 Å². The van der Waals surface area contributed by atoms with Crippen molar-refractivity contribution in [2.24, 2.45) is 0 Å². The molecule has 0 aliphatic carbocycles. The van der Waals surface area contributed by atoms with Gasteiger partial charge in [-0.1, -0.05) is 12.1 Å². The Kier molecular flexibility index (Phi) is 3.00. The standard InChI is InChI=1S/C18H15N3O/c1-2-22-14-9-7-13(8-10-14)15-11-12-21-17-6-4-3-5-16(17)20-18(21)19-15/h3-12H,2H2,1H3. The lowest BCUT2D eigenvalue weighted by atomic mass is 10.1. The number of hydrogen-bond donors (Lipinski definition) is 0. The van der Waals surface area contributed by atoms with Gasteiger partial charge < -0.3 is 4.74 Å². The van der Waals surface area contributed by atoms with Crippen LogP contribution in [0, 0.1) is 0 Å². The van der Waals surface area contributed by atoms with E-state index in [1.807, 2.05) is 72.1 Å². The van der Waals surface area contributed by atoms with Gasteiger partial charge in [0.05, 0.1) is 23.3 Å². The molecule has 0 saturated heterocycles. The molecule has 0 unspecified atom stereocenters. The fourth-order valence-corrected chi connectivity index (χ4v) is 2.60. The smallest absolute Gasteiger partial charge is 0.235 e. The summed E-state index contributed by atoms with van der Waals surface area (Å²) in [6.45, 7) is 2.65. The van der Waals surface area contributed by atoms with E-state index < -0.39 is 0 Å². The van der Waals surface area contributed by atoms with Crippen LogP contribution in [0.3, 0.4) is 0 Å². The molecular weight excluding hydrogens is 274 g/mol. The molecule has 0 aliphatic rings. The Hall–Kier alpha value is -2.88. The molecule has 0 bridgehead atoms. The van der Waals surface area contributed by atoms with E-state index in [-0.39, 0.29) is 0 Å². The molecule has 0 amide bonds. The molecule has 108 valence electrons. The van der Waals surface area contributed by atoms with Crippen LogP contribution in [0.1, 0.15) is 6.92 Å². The minimum absolute atomic E-state index is 0.671. The average Bonchev–Trinajstić information content (AvgIpc) is 2.93. The summed E-state index contributed by atoms with van der Waals surface area (Å²) in [5.74, 6) is 1.59. The minimum Gasteiger partial charge on any atom is -0.494 e. The first-order valence-electron chi connectivity index (χ1n) is 7.32. The molecule has 0 fully saturated rings. The fourth-order valence-electron chi connectivity index (χ4n) is 2.60. The highest BCUT2D eigenvalue weighted by Gasteiger charge is 2.07. The maximum atomic E-state index is 5.47. The Bertz CT molecular complexity index is 942. The van der Waals surface area contributed by atoms with Gasteiger partial charge in [0.2, 0.25) is 5.78 Å². The molecule has 4 rings (SSSR count). The van der Waals surface area contributed by atoms with Gasteiger partial charge in [-0.05, 0) is 49.4 Å². The lowest BCUT2D eigenvalue weighted by Crippen LogP contribution is -1.93. The van der Waals surface area contributed by atoms with E-state index in [1.165, 1.54) is 0 Å². The van der Waals surface area contributed by atoms with Gasteiger partial charge in [-0.3, -0.25) is 4.40 Å². The van der Waals surface area contributed by atoms with Crippen molar-refractivity contribution in [3.05, 3.63) is 60.8 Å². The van der Waals surface area contributed by atoms with Crippen LogP contribution < -0.4 is 4.74 Å². The number of benzene rings is 2. The second kappa shape index (κ2) is 5.15. The maximum Gasteiger partial charge on any atom is 0.235 e. The predicted molar refractivity (Wildman–Crippen MR) is 87.1 cm³/mol. The first-order valence-corrected chi connectivity index (χ1v) is 7.32. The molecular formula is C18H15N3O. The number of ether oxygens (including phenoxy) is 1. The summed E-state index contributed by atoms with van der Waals surface area (Å²) in [5.41, 5.74) is 3.99. The molecule has 0 aliphatic heterocycles. The van der Waals surface area contributed by atoms with Crippen molar-refractivity contribution in [2.75, 3.05) is 6.61 Å². The van der Waals surface area contributed by atoms with Crippen molar-refractivity contribution in [1.29, 1.82) is 0 Å². The third kappa shape index (κ3) is 2.09. The Morgan fingerprint density at radius 1 is 0.955 bits per heavy atom. The van der Waals surface area contributed by atoms with Gasteiger partial charge in [-0.15, -0.1) is 0 Å². The highest BCUT2D eigenvalue weighted by Crippen LogP contribution is 2.22. The van der Waals surface area contributed by atoms with Crippen LogP contribution in [-0.2, 0) is 0 Å². The summed E-state index contributed by atoms with van der Waals surface area (Å²) < 4.78 is 7.48. The molecule has 2 aromatic carbocycles. The Labute approximate surface area is 128 Å². The average molecular weight is 289 g/mol. The number of rotatable bonds is 3. The van der Waals surface area contributed by atoms with Gasteiger partial charge in [0.15, 0.2) is 0 Å². The highest BCUT2D eigenvalue weighted by atomic mass is 16.5. The zero-order chi connectivity index (χ0) is 14.9. The Balaban J connectivity index is 1.80. The number of fused-ring (bicyclic) bond motifs is 3. The first kappa shape index (κ1) is 12.8. The van der Waals surface area contributed by atoms with Crippen molar-refractivity contribution in [1.82, 2.24) is 14.4 Å². The quantitative estimate of drug-likeness (QED) is 0.573. The van der Waals surface area contributed by atoms with Crippen molar-refractivity contribution in [3.8, 4) is 17.0 Å². The maximum absolute atomic E-state index is 5.47. The Morgan fingerprint density at radius 2 is 1.77 bits per heavy atom. The van der Waals surface area contributed by atoms with E-state index in [0.717, 1.165) is 28.0 Å². The number of nitrogens with zero attached hydrogens (tertiary/aromatic N) is 3. The summed E-state index contributed by atoms with van der Waals surface area (Å²) in [7, 11) is 0. The van der Waals surface area contributed by atoms with Crippen LogP contribution in [0.5, 0.6) is 5.75 Å². The van der Waals surface area contributed by atoms with Gasteiger partial charge in [-0.2, -0.15) is 0 Å². The third-order valence-corrected chi connectivity index (χ3v) is 3.64. The lowest BCUT2D eigenvalue weighted by molar-refractivity contribution is 0.340. The van der Waals surface area contributed by atoms with Crippen molar-refractivity contribution in [2.45, 2.75) is 6.92 Å². The van der Waals surface area contributed by atoms with Crippen LogP contribution in [0.4, 0.5) is 0 Å². The monoisotopic (exact) mass is 289 g/mol. The zero-order valence-electron chi connectivity index (χ0n) is 12.2. The number of imidazole rings is 1. The summed E-state index contributed by atoms with van der Waals surface area (Å²) in [6.07, 6.45) is 2.02. The van der Waals surface area contributed by atoms with E-state index in [9.17, 15) is 0 Å². The molecule has 0 saturated carbocycles. The Morgan fingerprint density at radius 3 is 2.59 bits per heavy atom. The second-order valence-electron chi connectivity index (χ2n) is 5.04. The summed E-state index contributed by atoms with van der Waals surface area (Å²) in [4.78, 5) is 9.24. The fraction of sp³-hybridized carbons (Fsp3) is 0.111. The number of hydrogen-bond acceptors (Lipinski definition) is 3.